The molecule has 1 unspecified atom stereocenters. The third kappa shape index (κ3) is 0.934. The molecular formula is C7H11NO. The minimum absolute atomic E-state index is 0.519. The molecule has 2 rings (SSSR count). The molecule has 2 heteroatoms. The Kier molecular flexibility index (Phi) is 1.01. The van der Waals surface area contributed by atoms with E-state index in [2.05, 4.69) is 4.99 Å². The quantitative estimate of drug-likeness (QED) is 0.516. The van der Waals surface area contributed by atoms with Crippen LogP contribution in [0.5, 0.6) is 0 Å². The van der Waals surface area contributed by atoms with Gasteiger partial charge in [-0.15, -0.1) is 0 Å². The predicted octanol–water partition coefficient (Wildman–Crippen LogP) is 1.21. The van der Waals surface area contributed by atoms with Crippen LogP contribution in [0.25, 0.3) is 0 Å². The summed E-state index contributed by atoms with van der Waals surface area (Å²) in [4.78, 5) is 4.34. The van der Waals surface area contributed by atoms with Crippen LogP contribution in [0.4, 0.5) is 0 Å². The van der Waals surface area contributed by atoms with Crippen molar-refractivity contribution in [1.82, 2.24) is 0 Å². The van der Waals surface area contributed by atoms with Gasteiger partial charge in [0, 0.05) is 6.92 Å². The Morgan fingerprint density at radius 2 is 2.33 bits per heavy atom. The molecule has 0 amide bonds. The fourth-order valence-corrected chi connectivity index (χ4v) is 1.24. The van der Waals surface area contributed by atoms with Gasteiger partial charge in [0.05, 0.1) is 6.04 Å². The lowest BCUT2D eigenvalue weighted by Gasteiger charge is -1.98. The van der Waals surface area contributed by atoms with E-state index in [-0.39, 0.29) is 0 Å². The molecule has 0 aromatic heterocycles. The number of aliphatic imine (C=N–C) groups is 1. The average molecular weight is 125 g/mol. The molecule has 1 atom stereocenters. The highest BCUT2D eigenvalue weighted by Crippen LogP contribution is 2.35. The number of rotatable bonds is 1. The minimum Gasteiger partial charge on any atom is -0.479 e. The van der Waals surface area contributed by atoms with Crippen LogP contribution < -0.4 is 0 Å². The number of ether oxygens (including phenoxy) is 1. The van der Waals surface area contributed by atoms with E-state index in [0.29, 0.717) is 6.04 Å². The first-order chi connectivity index (χ1) is 4.36. The smallest absolute Gasteiger partial charge is 0.180 e. The molecule has 1 fully saturated rings. The molecule has 50 valence electrons. The maximum absolute atomic E-state index is 5.22. The number of hydrogen-bond acceptors (Lipinski definition) is 2. The van der Waals surface area contributed by atoms with E-state index in [9.17, 15) is 0 Å². The number of hydrogen-bond donors (Lipinski definition) is 0. The summed E-state index contributed by atoms with van der Waals surface area (Å²) in [6.07, 6.45) is 2.73. The molecule has 0 N–H and O–H groups in total. The van der Waals surface area contributed by atoms with Gasteiger partial charge in [0.1, 0.15) is 6.61 Å². The molecule has 2 aliphatic rings. The van der Waals surface area contributed by atoms with Crippen molar-refractivity contribution in [3.8, 4) is 0 Å². The van der Waals surface area contributed by atoms with E-state index in [0.717, 1.165) is 18.4 Å². The SMILES string of the molecule is CC1=NC(C2CC2)CO1. The van der Waals surface area contributed by atoms with Crippen molar-refractivity contribution in [3.05, 3.63) is 0 Å². The van der Waals surface area contributed by atoms with Crippen molar-refractivity contribution in [2.24, 2.45) is 10.9 Å². The summed E-state index contributed by atoms with van der Waals surface area (Å²) in [5.74, 6) is 1.74. The van der Waals surface area contributed by atoms with Crippen molar-refractivity contribution >= 4 is 5.90 Å². The van der Waals surface area contributed by atoms with Crippen LogP contribution in [0.15, 0.2) is 4.99 Å². The highest BCUT2D eigenvalue weighted by atomic mass is 16.5. The normalized spacial score (nSPS) is 33.9. The van der Waals surface area contributed by atoms with Crippen LogP contribution in [0.2, 0.25) is 0 Å². The summed E-state index contributed by atoms with van der Waals surface area (Å²) in [6, 6.07) is 0.519. The first-order valence-corrected chi connectivity index (χ1v) is 3.53. The zero-order chi connectivity index (χ0) is 6.27. The van der Waals surface area contributed by atoms with Crippen molar-refractivity contribution < 1.29 is 4.74 Å². The molecule has 0 radical (unpaired) electrons. The van der Waals surface area contributed by atoms with Gasteiger partial charge in [-0.05, 0) is 18.8 Å². The molecule has 1 saturated carbocycles. The molecule has 2 nitrogen and oxygen atoms in total. The highest BCUT2D eigenvalue weighted by molar-refractivity contribution is 5.74. The molecule has 1 aliphatic carbocycles. The standard InChI is InChI=1S/C7H11NO/c1-5-8-7(4-9-5)6-2-3-6/h6-7H,2-4H2,1H3. The van der Waals surface area contributed by atoms with Gasteiger partial charge in [-0.25, -0.2) is 4.99 Å². The Morgan fingerprint density at radius 1 is 1.56 bits per heavy atom. The molecule has 1 heterocycles. The molecule has 1 aliphatic heterocycles. The van der Waals surface area contributed by atoms with Crippen LogP contribution in [0, 0.1) is 5.92 Å². The van der Waals surface area contributed by atoms with Crippen LogP contribution in [0.1, 0.15) is 19.8 Å². The zero-order valence-electron chi connectivity index (χ0n) is 5.63. The van der Waals surface area contributed by atoms with E-state index in [4.69, 9.17) is 4.74 Å². The topological polar surface area (TPSA) is 21.6 Å². The molecule has 0 aromatic rings. The molecule has 0 bridgehead atoms. The second-order valence-corrected chi connectivity index (χ2v) is 2.86. The zero-order valence-corrected chi connectivity index (χ0v) is 5.63. The summed E-state index contributed by atoms with van der Waals surface area (Å²) in [7, 11) is 0. The Balaban J connectivity index is 1.99. The van der Waals surface area contributed by atoms with Crippen molar-refractivity contribution in [2.75, 3.05) is 6.61 Å². The Hall–Kier alpha value is -0.530. The van der Waals surface area contributed by atoms with Crippen LogP contribution >= 0.6 is 0 Å². The third-order valence-corrected chi connectivity index (χ3v) is 1.98. The lowest BCUT2D eigenvalue weighted by molar-refractivity contribution is 0.304. The van der Waals surface area contributed by atoms with Gasteiger partial charge in [-0.1, -0.05) is 0 Å². The molecule has 0 aromatic carbocycles. The Labute approximate surface area is 54.9 Å². The Morgan fingerprint density at radius 3 is 2.78 bits per heavy atom. The monoisotopic (exact) mass is 125 g/mol. The molecule has 0 spiro atoms. The molecular weight excluding hydrogens is 114 g/mol. The first kappa shape index (κ1) is 5.27. The van der Waals surface area contributed by atoms with Gasteiger partial charge in [0.2, 0.25) is 0 Å². The van der Waals surface area contributed by atoms with Crippen LogP contribution in [-0.4, -0.2) is 18.5 Å². The molecule has 9 heavy (non-hydrogen) atoms. The molecule has 0 saturated heterocycles. The van der Waals surface area contributed by atoms with E-state index in [1.165, 1.54) is 12.8 Å². The largest absolute Gasteiger partial charge is 0.479 e. The van der Waals surface area contributed by atoms with E-state index < -0.39 is 0 Å². The average Bonchev–Trinajstić information content (AvgIpc) is 2.58. The van der Waals surface area contributed by atoms with Gasteiger partial charge in [-0.3, -0.25) is 0 Å². The lowest BCUT2D eigenvalue weighted by Crippen LogP contribution is -2.07. The second-order valence-electron chi connectivity index (χ2n) is 2.86. The predicted molar refractivity (Wildman–Crippen MR) is 35.6 cm³/mol. The van der Waals surface area contributed by atoms with Gasteiger partial charge in [0.15, 0.2) is 5.90 Å². The van der Waals surface area contributed by atoms with E-state index >= 15 is 0 Å². The summed E-state index contributed by atoms with van der Waals surface area (Å²) in [6.45, 7) is 2.78. The van der Waals surface area contributed by atoms with Gasteiger partial charge < -0.3 is 4.74 Å². The van der Waals surface area contributed by atoms with E-state index in [1.54, 1.807) is 0 Å². The maximum atomic E-state index is 5.22. The summed E-state index contributed by atoms with van der Waals surface area (Å²) < 4.78 is 5.22. The summed E-state index contributed by atoms with van der Waals surface area (Å²) in [5.41, 5.74) is 0. The summed E-state index contributed by atoms with van der Waals surface area (Å²) in [5, 5.41) is 0. The minimum atomic E-state index is 0.519. The Bertz CT molecular complexity index is 149. The first-order valence-electron chi connectivity index (χ1n) is 3.53. The van der Waals surface area contributed by atoms with E-state index in [1.807, 2.05) is 6.92 Å². The lowest BCUT2D eigenvalue weighted by atomic mass is 10.2. The van der Waals surface area contributed by atoms with Gasteiger partial charge in [-0.2, -0.15) is 0 Å². The van der Waals surface area contributed by atoms with Gasteiger partial charge in [0.25, 0.3) is 0 Å². The van der Waals surface area contributed by atoms with Crippen molar-refractivity contribution in [3.63, 3.8) is 0 Å². The van der Waals surface area contributed by atoms with Crippen molar-refractivity contribution in [1.29, 1.82) is 0 Å². The number of nitrogens with zero attached hydrogens (tertiary/aromatic N) is 1. The summed E-state index contributed by atoms with van der Waals surface area (Å²) >= 11 is 0. The third-order valence-electron chi connectivity index (χ3n) is 1.98. The van der Waals surface area contributed by atoms with Crippen LogP contribution in [-0.2, 0) is 4.74 Å². The highest BCUT2D eigenvalue weighted by Gasteiger charge is 2.33. The fraction of sp³-hybridized carbons (Fsp3) is 0.857. The maximum Gasteiger partial charge on any atom is 0.180 e. The second kappa shape index (κ2) is 1.72. The van der Waals surface area contributed by atoms with Crippen molar-refractivity contribution in [2.45, 2.75) is 25.8 Å². The van der Waals surface area contributed by atoms with Crippen LogP contribution in [0.3, 0.4) is 0 Å². The van der Waals surface area contributed by atoms with Gasteiger partial charge >= 0.3 is 0 Å². The fourth-order valence-electron chi connectivity index (χ4n) is 1.24.